The van der Waals surface area contributed by atoms with Crippen LogP contribution in [-0.2, 0) is 12.5 Å². The van der Waals surface area contributed by atoms with Crippen molar-refractivity contribution in [2.24, 2.45) is 7.05 Å². The molecule has 0 N–H and O–H groups in total. The first-order valence-corrected chi connectivity index (χ1v) is 18.8. The molecule has 0 saturated heterocycles. The molecule has 0 fully saturated rings. The summed E-state index contributed by atoms with van der Waals surface area (Å²) in [6.45, 7) is 4.05. The van der Waals surface area contributed by atoms with Crippen LogP contribution in [0.25, 0.3) is 60.8 Å². The maximum absolute atomic E-state index is 4.83. The zero-order valence-electron chi connectivity index (χ0n) is 31.2. The maximum Gasteiger partial charge on any atom is 0.160 e. The van der Waals surface area contributed by atoms with Crippen molar-refractivity contribution in [3.8, 4) is 22.5 Å². The zero-order valence-corrected chi connectivity index (χ0v) is 31.2. The molecule has 55 heavy (non-hydrogen) atoms. The van der Waals surface area contributed by atoms with Crippen molar-refractivity contribution in [1.82, 2.24) is 19.5 Å². The highest BCUT2D eigenvalue weighted by Crippen LogP contribution is 2.58. The van der Waals surface area contributed by atoms with Crippen molar-refractivity contribution in [3.05, 3.63) is 216 Å². The molecule has 1 atom stereocenters. The van der Waals surface area contributed by atoms with Gasteiger partial charge >= 0.3 is 0 Å². The van der Waals surface area contributed by atoms with Crippen LogP contribution in [0.15, 0.2) is 188 Å². The fourth-order valence-electron chi connectivity index (χ4n) is 8.60. The number of allylic oxidation sites excluding steroid dienone is 4. The van der Waals surface area contributed by atoms with Gasteiger partial charge in [-0.2, -0.15) is 0 Å². The Kier molecular flexibility index (Phi) is 8.72. The number of pyridine rings is 1. The fourth-order valence-corrected chi connectivity index (χ4v) is 8.60. The number of para-hydroxylation sites is 2. The molecule has 0 spiro atoms. The Morgan fingerprint density at radius 3 is 2.05 bits per heavy atom. The highest BCUT2D eigenvalue weighted by atomic mass is 14.9. The van der Waals surface area contributed by atoms with E-state index in [9.17, 15) is 0 Å². The Morgan fingerprint density at radius 2 is 1.29 bits per heavy atom. The van der Waals surface area contributed by atoms with E-state index in [0.29, 0.717) is 0 Å². The third kappa shape index (κ3) is 5.49. The monoisotopic (exact) mass is 708 g/mol. The highest BCUT2D eigenvalue weighted by Gasteiger charge is 2.47. The van der Waals surface area contributed by atoms with Gasteiger partial charge in [0.2, 0.25) is 0 Å². The predicted molar refractivity (Wildman–Crippen MR) is 229 cm³/mol. The maximum atomic E-state index is 4.83. The van der Waals surface area contributed by atoms with E-state index in [0.717, 1.165) is 33.6 Å². The van der Waals surface area contributed by atoms with Crippen molar-refractivity contribution < 1.29 is 0 Å². The summed E-state index contributed by atoms with van der Waals surface area (Å²) in [4.78, 5) is 14.1. The SMILES string of the molecule is C/C=C\C(=C/C)c1nc(-c2ccccc2)nc2ccccc12.Cn1c2ccccc2c2ccc3c(c21)-c1ccccc1C3(c1ccccc1)c1cccnc1. The van der Waals surface area contributed by atoms with Crippen molar-refractivity contribution >= 4 is 38.3 Å². The molecule has 0 radical (unpaired) electrons. The Labute approximate surface area is 321 Å². The Bertz CT molecular complexity index is 2850. The van der Waals surface area contributed by atoms with Gasteiger partial charge in [-0.1, -0.05) is 158 Å². The molecule has 4 nitrogen and oxygen atoms in total. The number of benzene rings is 6. The van der Waals surface area contributed by atoms with Gasteiger partial charge in [-0.3, -0.25) is 4.98 Å². The molecule has 10 rings (SSSR count). The predicted octanol–water partition coefficient (Wildman–Crippen LogP) is 12.4. The van der Waals surface area contributed by atoms with Crippen molar-refractivity contribution in [2.75, 3.05) is 0 Å². The molecule has 0 bridgehead atoms. The summed E-state index contributed by atoms with van der Waals surface area (Å²) >= 11 is 0. The lowest BCUT2D eigenvalue weighted by Gasteiger charge is -2.33. The second-order valence-electron chi connectivity index (χ2n) is 13.9. The van der Waals surface area contributed by atoms with Gasteiger partial charge in [-0.05, 0) is 65.4 Å². The van der Waals surface area contributed by atoms with Crippen molar-refractivity contribution in [3.63, 3.8) is 0 Å². The average molecular weight is 709 g/mol. The van der Waals surface area contributed by atoms with Gasteiger partial charge in [0.25, 0.3) is 0 Å². The first-order chi connectivity index (χ1) is 27.1. The third-order valence-electron chi connectivity index (χ3n) is 10.9. The van der Waals surface area contributed by atoms with Gasteiger partial charge in [0.05, 0.1) is 22.1 Å². The summed E-state index contributed by atoms with van der Waals surface area (Å²) < 4.78 is 2.37. The summed E-state index contributed by atoms with van der Waals surface area (Å²) in [6.07, 6.45) is 10.1. The van der Waals surface area contributed by atoms with Gasteiger partial charge in [0, 0.05) is 52.2 Å². The van der Waals surface area contributed by atoms with Gasteiger partial charge in [-0.15, -0.1) is 0 Å². The first kappa shape index (κ1) is 33.9. The molecule has 0 aliphatic heterocycles. The molecule has 0 amide bonds. The Hall–Kier alpha value is -6.91. The van der Waals surface area contributed by atoms with Gasteiger partial charge < -0.3 is 4.57 Å². The van der Waals surface area contributed by atoms with E-state index in [2.05, 4.69) is 138 Å². The lowest BCUT2D eigenvalue weighted by molar-refractivity contribution is 0.763. The molecule has 9 aromatic rings. The minimum atomic E-state index is -0.411. The smallest absolute Gasteiger partial charge is 0.160 e. The quantitative estimate of drug-likeness (QED) is 0.167. The molecule has 0 saturated carbocycles. The van der Waals surface area contributed by atoms with E-state index in [4.69, 9.17) is 9.97 Å². The van der Waals surface area contributed by atoms with E-state index >= 15 is 0 Å². The van der Waals surface area contributed by atoms with Gasteiger partial charge in [0.1, 0.15) is 0 Å². The van der Waals surface area contributed by atoms with Crippen LogP contribution < -0.4 is 0 Å². The van der Waals surface area contributed by atoms with Crippen LogP contribution in [-0.4, -0.2) is 19.5 Å². The molecular weight excluding hydrogens is 669 g/mol. The zero-order chi connectivity index (χ0) is 37.4. The van der Waals surface area contributed by atoms with Crippen LogP contribution >= 0.6 is 0 Å². The third-order valence-corrected chi connectivity index (χ3v) is 10.9. The number of rotatable bonds is 5. The van der Waals surface area contributed by atoms with Crippen LogP contribution in [0.3, 0.4) is 0 Å². The van der Waals surface area contributed by atoms with Crippen LogP contribution in [0.5, 0.6) is 0 Å². The number of aromatic nitrogens is 4. The van der Waals surface area contributed by atoms with E-state index in [-0.39, 0.29) is 0 Å². The minimum Gasteiger partial charge on any atom is -0.343 e. The Morgan fingerprint density at radius 1 is 0.600 bits per heavy atom. The molecule has 4 heteroatoms. The molecular formula is C51H40N4. The summed E-state index contributed by atoms with van der Waals surface area (Å²) in [6, 6.07) is 55.7. The number of hydrogen-bond acceptors (Lipinski definition) is 3. The molecule has 1 aliphatic carbocycles. The summed E-state index contributed by atoms with van der Waals surface area (Å²) in [5.41, 5.74) is 14.0. The molecule has 6 aromatic carbocycles. The Balaban J connectivity index is 0.000000157. The molecule has 1 unspecified atom stereocenters. The van der Waals surface area contributed by atoms with E-state index < -0.39 is 5.41 Å². The summed E-state index contributed by atoms with van der Waals surface area (Å²) in [5.74, 6) is 0.762. The van der Waals surface area contributed by atoms with Crippen molar-refractivity contribution in [2.45, 2.75) is 19.3 Å². The normalized spacial score (nSPS) is 14.9. The van der Waals surface area contributed by atoms with Gasteiger partial charge in [0.15, 0.2) is 5.82 Å². The van der Waals surface area contributed by atoms with E-state index in [1.165, 1.54) is 55.2 Å². The number of fused-ring (bicyclic) bond motifs is 8. The topological polar surface area (TPSA) is 43.6 Å². The second kappa shape index (κ2) is 14.1. The van der Waals surface area contributed by atoms with E-state index in [1.807, 2.05) is 80.8 Å². The number of hydrogen-bond donors (Lipinski definition) is 0. The molecule has 1 aliphatic rings. The summed E-state index contributed by atoms with van der Waals surface area (Å²) in [7, 11) is 2.19. The fraction of sp³-hybridized carbons (Fsp3) is 0.0784. The lowest BCUT2D eigenvalue weighted by Crippen LogP contribution is -2.28. The number of aryl methyl sites for hydroxylation is 1. The molecule has 3 aromatic heterocycles. The van der Waals surface area contributed by atoms with E-state index in [1.54, 1.807) is 0 Å². The second-order valence-corrected chi connectivity index (χ2v) is 13.9. The average Bonchev–Trinajstić information content (AvgIpc) is 3.73. The van der Waals surface area contributed by atoms with Crippen LogP contribution in [0.1, 0.15) is 41.8 Å². The lowest BCUT2D eigenvalue weighted by atomic mass is 9.68. The van der Waals surface area contributed by atoms with Gasteiger partial charge in [-0.25, -0.2) is 9.97 Å². The highest BCUT2D eigenvalue weighted by molar-refractivity contribution is 6.15. The van der Waals surface area contributed by atoms with Crippen LogP contribution in [0, 0.1) is 0 Å². The van der Waals surface area contributed by atoms with Crippen LogP contribution in [0.2, 0.25) is 0 Å². The summed E-state index contributed by atoms with van der Waals surface area (Å²) in [5, 5.41) is 3.68. The van der Waals surface area contributed by atoms with Crippen LogP contribution in [0.4, 0.5) is 0 Å². The number of nitrogens with zero attached hydrogens (tertiary/aromatic N) is 4. The first-order valence-electron chi connectivity index (χ1n) is 18.8. The van der Waals surface area contributed by atoms with Crippen molar-refractivity contribution in [1.29, 1.82) is 0 Å². The molecule has 264 valence electrons. The standard InChI is InChI=1S/C31H22N2.C20H18N2/c1-33-28-16-8-6-13-23(28)24-17-18-27-29(30(24)33)25-14-5-7-15-26(25)31(27,21-10-3-2-4-11-21)22-12-9-19-32-20-22;1-3-10-15(4-2)19-17-13-8-9-14-18(17)21-20(22-19)16-11-6-5-7-12-16/h2-20H,1H3;3-14H,1-2H3/b;10-3-,15-4+. The largest absolute Gasteiger partial charge is 0.343 e. The molecule has 3 heterocycles. The minimum absolute atomic E-state index is 0.411.